The number of rotatable bonds is 6. The molecule has 0 aliphatic carbocycles. The third kappa shape index (κ3) is 3.49. The first-order chi connectivity index (χ1) is 10.3. The Morgan fingerprint density at radius 3 is 2.50 bits per heavy atom. The van der Waals surface area contributed by atoms with Gasteiger partial charge in [0.1, 0.15) is 19.3 Å². The normalized spacial score (nSPS) is 11.5. The minimum Gasteiger partial charge on any atom is -0.358 e. The third-order valence-corrected chi connectivity index (χ3v) is 4.41. The monoisotopic (exact) mass is 325 g/mol. The average Bonchev–Trinajstić information content (AvgIpc) is 2.81. The number of aryl methyl sites for hydroxylation is 2. The molecular weight excluding hydrogens is 310 g/mol. The molecule has 0 unspecified atom stereocenters. The van der Waals surface area contributed by atoms with E-state index in [1.165, 1.54) is 16.7 Å². The minimum absolute atomic E-state index is 0.0211. The molecule has 0 amide bonds. The molecule has 2 rings (SSSR count). The Hall–Kier alpha value is -2.26. The van der Waals surface area contributed by atoms with Crippen molar-refractivity contribution in [1.29, 1.82) is 0 Å². The Bertz CT molecular complexity index is 781. The summed E-state index contributed by atoms with van der Waals surface area (Å²) in [5, 5.41) is 10.8. The van der Waals surface area contributed by atoms with E-state index < -0.39 is 15.0 Å². The number of aromatic nitrogens is 2. The molecule has 0 bridgehead atoms. The fraction of sp³-hybridized carbons (Fsp3) is 0.308. The molecule has 0 radical (unpaired) electrons. The van der Waals surface area contributed by atoms with E-state index in [9.17, 15) is 18.5 Å². The van der Waals surface area contributed by atoms with Crippen LogP contribution in [0, 0.1) is 24.0 Å². The Morgan fingerprint density at radius 2 is 1.91 bits per heavy atom. The smallest absolute Gasteiger partial charge is 0.342 e. The Kier molecular flexibility index (Phi) is 4.57. The Labute approximate surface area is 127 Å². The van der Waals surface area contributed by atoms with E-state index in [1.54, 1.807) is 19.1 Å². The van der Waals surface area contributed by atoms with Gasteiger partial charge in [-0.15, -0.1) is 0 Å². The first kappa shape index (κ1) is 16.1. The van der Waals surface area contributed by atoms with Crippen molar-refractivity contribution in [3.8, 4) is 0 Å². The quantitative estimate of drug-likeness (QED) is 0.456. The maximum atomic E-state index is 12.0. The lowest BCUT2D eigenvalue weighted by Gasteiger charge is -2.06. The largest absolute Gasteiger partial charge is 0.358 e. The molecule has 0 N–H and O–H groups in total. The van der Waals surface area contributed by atoms with Gasteiger partial charge in [0.05, 0.1) is 4.90 Å². The number of nitrogens with zero attached hydrogens (tertiary/aromatic N) is 3. The van der Waals surface area contributed by atoms with Gasteiger partial charge in [-0.2, -0.15) is 8.42 Å². The topological polar surface area (TPSA) is 104 Å². The second kappa shape index (κ2) is 6.24. The van der Waals surface area contributed by atoms with Crippen LogP contribution in [0.2, 0.25) is 0 Å². The van der Waals surface area contributed by atoms with Crippen molar-refractivity contribution in [1.82, 2.24) is 9.55 Å². The SMILES string of the molecule is Cc1ccc(S(=O)(=O)OCCn2c([N+](=O)[O-])cnc2C)cc1. The fourth-order valence-electron chi connectivity index (χ4n) is 1.89. The molecule has 2 aromatic rings. The number of imidazole rings is 1. The lowest BCUT2D eigenvalue weighted by Crippen LogP contribution is -2.14. The summed E-state index contributed by atoms with van der Waals surface area (Å²) in [7, 11) is -3.88. The maximum absolute atomic E-state index is 12.0. The van der Waals surface area contributed by atoms with E-state index >= 15 is 0 Å². The van der Waals surface area contributed by atoms with E-state index in [2.05, 4.69) is 4.98 Å². The molecule has 0 spiro atoms. The summed E-state index contributed by atoms with van der Waals surface area (Å²) in [6.07, 6.45) is 1.13. The van der Waals surface area contributed by atoms with Crippen molar-refractivity contribution >= 4 is 15.9 Å². The highest BCUT2D eigenvalue weighted by atomic mass is 32.2. The van der Waals surface area contributed by atoms with Crippen LogP contribution in [0.5, 0.6) is 0 Å². The van der Waals surface area contributed by atoms with Crippen molar-refractivity contribution in [3.63, 3.8) is 0 Å². The molecule has 1 aromatic carbocycles. The number of hydrogen-bond donors (Lipinski definition) is 0. The molecule has 0 saturated carbocycles. The highest BCUT2D eigenvalue weighted by Gasteiger charge is 2.19. The molecule has 0 saturated heterocycles. The summed E-state index contributed by atoms with van der Waals surface area (Å²) < 4.78 is 30.2. The van der Waals surface area contributed by atoms with Crippen LogP contribution in [0.15, 0.2) is 35.4 Å². The van der Waals surface area contributed by atoms with Gasteiger partial charge in [-0.05, 0) is 24.0 Å². The zero-order valence-corrected chi connectivity index (χ0v) is 12.9. The minimum atomic E-state index is -3.88. The summed E-state index contributed by atoms with van der Waals surface area (Å²) >= 11 is 0. The number of nitro groups is 1. The summed E-state index contributed by atoms with van der Waals surface area (Å²) in [5.74, 6) is 0.219. The zero-order valence-electron chi connectivity index (χ0n) is 12.1. The number of hydrogen-bond acceptors (Lipinski definition) is 6. The molecule has 0 aliphatic heterocycles. The summed E-state index contributed by atoms with van der Waals surface area (Å²) in [5.41, 5.74) is 0.934. The van der Waals surface area contributed by atoms with E-state index in [0.717, 1.165) is 11.8 Å². The van der Waals surface area contributed by atoms with Gasteiger partial charge in [-0.25, -0.2) is 9.55 Å². The van der Waals surface area contributed by atoms with Crippen molar-refractivity contribution in [2.24, 2.45) is 0 Å². The second-order valence-corrected chi connectivity index (χ2v) is 6.28. The number of benzene rings is 1. The standard InChI is InChI=1S/C13H15N3O5S/c1-10-3-5-12(6-4-10)22(19,20)21-8-7-15-11(2)14-9-13(15)16(17)18/h3-6,9H,7-8H2,1-2H3. The fourth-order valence-corrected chi connectivity index (χ4v) is 2.79. The highest BCUT2D eigenvalue weighted by Crippen LogP contribution is 2.16. The van der Waals surface area contributed by atoms with E-state index in [0.29, 0.717) is 5.82 Å². The molecule has 9 heteroatoms. The first-order valence-corrected chi connectivity index (χ1v) is 7.85. The van der Waals surface area contributed by atoms with Gasteiger partial charge in [-0.1, -0.05) is 17.7 Å². The molecule has 1 heterocycles. The van der Waals surface area contributed by atoms with Crippen LogP contribution in [0.4, 0.5) is 5.82 Å². The van der Waals surface area contributed by atoms with Crippen molar-refractivity contribution < 1.29 is 17.5 Å². The molecular formula is C13H15N3O5S. The van der Waals surface area contributed by atoms with Crippen LogP contribution in [0.3, 0.4) is 0 Å². The van der Waals surface area contributed by atoms with Crippen molar-refractivity contribution in [2.75, 3.05) is 6.61 Å². The third-order valence-electron chi connectivity index (χ3n) is 3.08. The highest BCUT2D eigenvalue weighted by molar-refractivity contribution is 7.86. The van der Waals surface area contributed by atoms with Crippen molar-refractivity contribution in [3.05, 3.63) is 52.0 Å². The molecule has 22 heavy (non-hydrogen) atoms. The van der Waals surface area contributed by atoms with Gasteiger partial charge in [0.15, 0.2) is 5.82 Å². The molecule has 0 fully saturated rings. The first-order valence-electron chi connectivity index (χ1n) is 6.44. The van der Waals surface area contributed by atoms with Crippen LogP contribution < -0.4 is 0 Å². The Morgan fingerprint density at radius 1 is 1.27 bits per heavy atom. The summed E-state index contributed by atoms with van der Waals surface area (Å²) in [6, 6.07) is 6.24. The molecule has 0 aliphatic rings. The van der Waals surface area contributed by atoms with E-state index in [-0.39, 0.29) is 23.9 Å². The molecule has 1 aromatic heterocycles. The molecule has 0 atom stereocenters. The van der Waals surface area contributed by atoms with E-state index in [4.69, 9.17) is 4.18 Å². The van der Waals surface area contributed by atoms with Crippen LogP contribution in [-0.4, -0.2) is 29.5 Å². The molecule has 118 valence electrons. The average molecular weight is 325 g/mol. The lowest BCUT2D eigenvalue weighted by molar-refractivity contribution is -0.392. The van der Waals surface area contributed by atoms with Gasteiger partial charge in [-0.3, -0.25) is 4.18 Å². The van der Waals surface area contributed by atoms with E-state index in [1.807, 2.05) is 6.92 Å². The van der Waals surface area contributed by atoms with Gasteiger partial charge in [0.2, 0.25) is 0 Å². The van der Waals surface area contributed by atoms with Crippen LogP contribution in [0.25, 0.3) is 0 Å². The van der Waals surface area contributed by atoms with Crippen LogP contribution in [-0.2, 0) is 20.8 Å². The van der Waals surface area contributed by atoms with Crippen molar-refractivity contribution in [2.45, 2.75) is 25.3 Å². The maximum Gasteiger partial charge on any atom is 0.342 e. The Balaban J connectivity index is 2.06. The lowest BCUT2D eigenvalue weighted by atomic mass is 10.2. The second-order valence-electron chi connectivity index (χ2n) is 4.66. The van der Waals surface area contributed by atoms with Gasteiger partial charge in [0, 0.05) is 6.92 Å². The molecule has 8 nitrogen and oxygen atoms in total. The predicted octanol–water partition coefficient (Wildman–Crippen LogP) is 1.81. The summed E-state index contributed by atoms with van der Waals surface area (Å²) in [4.78, 5) is 14.1. The van der Waals surface area contributed by atoms with Gasteiger partial charge >= 0.3 is 5.82 Å². The van der Waals surface area contributed by atoms with Crippen LogP contribution >= 0.6 is 0 Å². The van der Waals surface area contributed by atoms with Gasteiger partial charge in [0.25, 0.3) is 10.1 Å². The summed E-state index contributed by atoms with van der Waals surface area (Å²) in [6.45, 7) is 3.25. The van der Waals surface area contributed by atoms with Gasteiger partial charge < -0.3 is 10.1 Å². The zero-order chi connectivity index (χ0) is 16.3. The van der Waals surface area contributed by atoms with Crippen LogP contribution in [0.1, 0.15) is 11.4 Å². The predicted molar refractivity (Wildman–Crippen MR) is 77.9 cm³/mol.